The minimum Gasteiger partial charge on any atom is -0.480 e. The Morgan fingerprint density at radius 2 is 1.09 bits per heavy atom. The Labute approximate surface area is 199 Å². The maximum Gasteiger partial charge on any atom is 0.321 e. The predicted octanol–water partition coefficient (Wildman–Crippen LogP) is 8.27. The third-order valence-corrected chi connectivity index (χ3v) is 6.60. The van der Waals surface area contributed by atoms with Crippen LogP contribution in [0.3, 0.4) is 0 Å². The van der Waals surface area contributed by atoms with Crippen LogP contribution in [-0.4, -0.2) is 35.1 Å². The lowest BCUT2D eigenvalue weighted by Crippen LogP contribution is -2.43. The molecule has 3 nitrogen and oxygen atoms in total. The number of rotatable bonds is 22. The molecule has 0 saturated heterocycles. The zero-order chi connectivity index (χ0) is 23.3. The van der Waals surface area contributed by atoms with Crippen molar-refractivity contribution in [1.82, 2.24) is 4.90 Å². The smallest absolute Gasteiger partial charge is 0.321 e. The van der Waals surface area contributed by atoms with Crippen molar-refractivity contribution in [3.63, 3.8) is 0 Å². The highest BCUT2D eigenvalue weighted by atomic mass is 16.4. The number of nitrogens with zero attached hydrogens (tertiary/aromatic N) is 1. The molecular formula is C29H51NO2. The van der Waals surface area contributed by atoms with Gasteiger partial charge in [0.2, 0.25) is 0 Å². The molecule has 0 spiro atoms. The van der Waals surface area contributed by atoms with Crippen LogP contribution in [0.2, 0.25) is 0 Å². The molecular weight excluding hydrogens is 394 g/mol. The Hall–Kier alpha value is -1.35. The van der Waals surface area contributed by atoms with Crippen molar-refractivity contribution in [3.8, 4) is 0 Å². The van der Waals surface area contributed by atoms with Crippen LogP contribution in [0.25, 0.3) is 0 Å². The molecule has 0 aliphatic heterocycles. The number of benzene rings is 1. The fourth-order valence-electron chi connectivity index (χ4n) is 4.53. The van der Waals surface area contributed by atoms with Crippen molar-refractivity contribution >= 4 is 5.97 Å². The number of hydrogen-bond acceptors (Lipinski definition) is 2. The summed E-state index contributed by atoms with van der Waals surface area (Å²) in [6, 6.07) is 9.72. The number of carboxylic acids is 1. The molecule has 184 valence electrons. The predicted molar refractivity (Wildman–Crippen MR) is 138 cm³/mol. The first-order chi connectivity index (χ1) is 15.7. The van der Waals surface area contributed by atoms with E-state index in [1.807, 2.05) is 18.2 Å². The van der Waals surface area contributed by atoms with E-state index in [0.29, 0.717) is 6.42 Å². The van der Waals surface area contributed by atoms with Gasteiger partial charge in [-0.3, -0.25) is 9.69 Å². The molecule has 0 radical (unpaired) electrons. The first-order valence-corrected chi connectivity index (χ1v) is 13.7. The Morgan fingerprint density at radius 3 is 1.50 bits per heavy atom. The van der Waals surface area contributed by atoms with Gasteiger partial charge in [-0.25, -0.2) is 0 Å². The Kier molecular flexibility index (Phi) is 18.2. The van der Waals surface area contributed by atoms with E-state index >= 15 is 0 Å². The van der Waals surface area contributed by atoms with Gasteiger partial charge in [0.1, 0.15) is 6.04 Å². The lowest BCUT2D eigenvalue weighted by Gasteiger charge is -2.29. The lowest BCUT2D eigenvalue weighted by atomic mass is 10.0. The van der Waals surface area contributed by atoms with Gasteiger partial charge in [0.05, 0.1) is 0 Å². The second kappa shape index (κ2) is 20.3. The molecule has 0 aromatic heterocycles. The molecule has 0 amide bonds. The van der Waals surface area contributed by atoms with Gasteiger partial charge < -0.3 is 5.11 Å². The van der Waals surface area contributed by atoms with Crippen molar-refractivity contribution in [2.24, 2.45) is 0 Å². The first-order valence-electron chi connectivity index (χ1n) is 13.7. The van der Waals surface area contributed by atoms with E-state index in [-0.39, 0.29) is 0 Å². The third-order valence-electron chi connectivity index (χ3n) is 6.60. The molecule has 0 fully saturated rings. The van der Waals surface area contributed by atoms with Crippen LogP contribution in [0.5, 0.6) is 0 Å². The molecule has 1 aromatic rings. The summed E-state index contributed by atoms with van der Waals surface area (Å²) in [6.07, 6.45) is 21.2. The van der Waals surface area contributed by atoms with E-state index < -0.39 is 12.0 Å². The van der Waals surface area contributed by atoms with E-state index in [1.54, 1.807) is 0 Å². The maximum absolute atomic E-state index is 12.2. The molecule has 0 aliphatic rings. The van der Waals surface area contributed by atoms with E-state index in [2.05, 4.69) is 30.9 Å². The van der Waals surface area contributed by atoms with Crippen LogP contribution >= 0.6 is 0 Å². The van der Waals surface area contributed by atoms with E-state index in [0.717, 1.165) is 31.5 Å². The van der Waals surface area contributed by atoms with Gasteiger partial charge in [-0.2, -0.15) is 0 Å². The van der Waals surface area contributed by atoms with E-state index in [4.69, 9.17) is 0 Å². The van der Waals surface area contributed by atoms with Crippen LogP contribution in [0, 0.1) is 0 Å². The van der Waals surface area contributed by atoms with E-state index in [9.17, 15) is 9.90 Å². The number of hydrogen-bond donors (Lipinski definition) is 1. The average molecular weight is 446 g/mol. The highest BCUT2D eigenvalue weighted by Gasteiger charge is 2.25. The zero-order valence-corrected chi connectivity index (χ0v) is 21.2. The number of aliphatic carboxylic acids is 1. The normalized spacial score (nSPS) is 12.3. The molecule has 3 heteroatoms. The third kappa shape index (κ3) is 14.7. The van der Waals surface area contributed by atoms with Crippen LogP contribution in [0.4, 0.5) is 0 Å². The SMILES string of the molecule is CCCCCCCCCCCN(CCCCCCCCC)[C@@H](Cc1ccccc1)C(=O)O. The van der Waals surface area contributed by atoms with Crippen molar-refractivity contribution in [2.75, 3.05) is 13.1 Å². The average Bonchev–Trinajstić information content (AvgIpc) is 2.80. The van der Waals surface area contributed by atoms with Crippen LogP contribution in [-0.2, 0) is 11.2 Å². The van der Waals surface area contributed by atoms with Gasteiger partial charge in [0, 0.05) is 0 Å². The Balaban J connectivity index is 2.46. The van der Waals surface area contributed by atoms with Gasteiger partial charge in [-0.05, 0) is 37.9 Å². The minimum atomic E-state index is -0.673. The summed E-state index contributed by atoms with van der Waals surface area (Å²) in [4.78, 5) is 14.4. The van der Waals surface area contributed by atoms with Crippen molar-refractivity contribution < 1.29 is 9.90 Å². The number of unbranched alkanes of at least 4 members (excludes halogenated alkanes) is 14. The van der Waals surface area contributed by atoms with Gasteiger partial charge in [0.25, 0.3) is 0 Å². The highest BCUT2D eigenvalue weighted by Crippen LogP contribution is 2.15. The fraction of sp³-hybridized carbons (Fsp3) is 0.759. The summed E-state index contributed by atoms with van der Waals surface area (Å²) in [5.74, 6) is -0.673. The molecule has 0 heterocycles. The molecule has 1 N–H and O–H groups in total. The monoisotopic (exact) mass is 445 g/mol. The maximum atomic E-state index is 12.2. The summed E-state index contributed by atoms with van der Waals surface area (Å²) in [5.41, 5.74) is 1.12. The molecule has 1 atom stereocenters. The molecule has 0 aliphatic carbocycles. The molecule has 0 bridgehead atoms. The summed E-state index contributed by atoms with van der Waals surface area (Å²) in [5, 5.41) is 10.0. The molecule has 1 rings (SSSR count). The topological polar surface area (TPSA) is 40.5 Å². The largest absolute Gasteiger partial charge is 0.480 e. The van der Waals surface area contributed by atoms with Crippen molar-refractivity contribution in [3.05, 3.63) is 35.9 Å². The summed E-state index contributed by atoms with van der Waals surface area (Å²) < 4.78 is 0. The molecule has 0 unspecified atom stereocenters. The quantitative estimate of drug-likeness (QED) is 0.183. The highest BCUT2D eigenvalue weighted by molar-refractivity contribution is 5.74. The first kappa shape index (κ1) is 28.7. The molecule has 0 saturated carbocycles. The molecule has 32 heavy (non-hydrogen) atoms. The Morgan fingerprint density at radius 1 is 0.688 bits per heavy atom. The second-order valence-corrected chi connectivity index (χ2v) is 9.53. The molecule has 1 aromatic carbocycles. The van der Waals surface area contributed by atoms with Gasteiger partial charge in [0.15, 0.2) is 0 Å². The van der Waals surface area contributed by atoms with Gasteiger partial charge >= 0.3 is 5.97 Å². The van der Waals surface area contributed by atoms with Crippen LogP contribution in [0.1, 0.15) is 122 Å². The Bertz CT molecular complexity index is 545. The summed E-state index contributed by atoms with van der Waals surface area (Å²) in [7, 11) is 0. The van der Waals surface area contributed by atoms with Crippen LogP contribution < -0.4 is 0 Å². The summed E-state index contributed by atoms with van der Waals surface area (Å²) in [6.45, 7) is 6.34. The zero-order valence-electron chi connectivity index (χ0n) is 21.2. The number of carbonyl (C=O) groups is 1. The minimum absolute atomic E-state index is 0.411. The van der Waals surface area contributed by atoms with Gasteiger partial charge in [-0.1, -0.05) is 134 Å². The van der Waals surface area contributed by atoms with Crippen molar-refractivity contribution in [1.29, 1.82) is 0 Å². The van der Waals surface area contributed by atoms with Crippen LogP contribution in [0.15, 0.2) is 30.3 Å². The second-order valence-electron chi connectivity index (χ2n) is 9.53. The van der Waals surface area contributed by atoms with E-state index in [1.165, 1.54) is 89.9 Å². The standard InChI is InChI=1S/C29H51NO2/c1-3-5-7-9-11-12-14-16-21-25-30(24-20-15-13-10-8-6-4-2)28(29(31)32)26-27-22-18-17-19-23-27/h17-19,22-23,28H,3-16,20-21,24-26H2,1-2H3,(H,31,32)/t28-/m0/s1. The summed E-state index contributed by atoms with van der Waals surface area (Å²) >= 11 is 0. The lowest BCUT2D eigenvalue weighted by molar-refractivity contribution is -0.143. The fourth-order valence-corrected chi connectivity index (χ4v) is 4.53. The number of carboxylic acid groups (broad SMARTS) is 1. The van der Waals surface area contributed by atoms with Gasteiger partial charge in [-0.15, -0.1) is 0 Å². The van der Waals surface area contributed by atoms with Crippen molar-refractivity contribution in [2.45, 2.75) is 129 Å².